The maximum atomic E-state index is 12.1. The summed E-state index contributed by atoms with van der Waals surface area (Å²) in [6.45, 7) is 2.21. The fraction of sp³-hybridized carbons (Fsp3) is 0.333. The third-order valence-electron chi connectivity index (χ3n) is 3.96. The zero-order valence-corrected chi connectivity index (χ0v) is 15.7. The second-order valence-corrected chi connectivity index (χ2v) is 6.34. The number of methoxy groups -OCH3 is 1. The highest BCUT2D eigenvalue weighted by Gasteiger charge is 2.10. The second-order valence-electron chi connectivity index (χ2n) is 5.90. The van der Waals surface area contributed by atoms with Gasteiger partial charge in [-0.25, -0.2) is 14.6 Å². The van der Waals surface area contributed by atoms with Crippen LogP contribution in [0.1, 0.15) is 5.56 Å². The van der Waals surface area contributed by atoms with Gasteiger partial charge in [0.2, 0.25) is 5.91 Å². The molecule has 1 aromatic carbocycles. The van der Waals surface area contributed by atoms with Crippen LogP contribution in [-0.2, 0) is 22.5 Å². The Morgan fingerprint density at radius 2 is 2.04 bits per heavy atom. The number of ether oxygens (including phenoxy) is 1. The number of hydrogen-bond donors (Lipinski definition) is 2. The highest BCUT2D eigenvalue weighted by Crippen LogP contribution is 2.18. The van der Waals surface area contributed by atoms with E-state index < -0.39 is 0 Å². The van der Waals surface area contributed by atoms with Crippen LogP contribution in [0, 0.1) is 0 Å². The van der Waals surface area contributed by atoms with Crippen LogP contribution in [0.15, 0.2) is 36.8 Å². The minimum Gasteiger partial charge on any atom is -0.383 e. The quantitative estimate of drug-likeness (QED) is 0.544. The molecule has 2 N–H and O–H groups in total. The zero-order valence-electron chi connectivity index (χ0n) is 15.0. The number of carbonyl (C=O) groups is 1. The molecule has 27 heavy (non-hydrogen) atoms. The number of halogens is 1. The number of carbonyl (C=O) groups excluding carboxylic acids is 1. The molecule has 0 saturated heterocycles. The summed E-state index contributed by atoms with van der Waals surface area (Å²) in [5.41, 5.74) is 1.64. The summed E-state index contributed by atoms with van der Waals surface area (Å²) in [7, 11) is 1.65. The minimum absolute atomic E-state index is 0.0506. The van der Waals surface area contributed by atoms with Gasteiger partial charge in [0.1, 0.15) is 12.1 Å². The van der Waals surface area contributed by atoms with Crippen LogP contribution >= 0.6 is 11.6 Å². The van der Waals surface area contributed by atoms with Gasteiger partial charge < -0.3 is 15.4 Å². The Labute approximate surface area is 161 Å². The normalized spacial score (nSPS) is 10.9. The predicted octanol–water partition coefficient (Wildman–Crippen LogP) is 1.90. The number of anilines is 1. The number of rotatable bonds is 9. The van der Waals surface area contributed by atoms with Gasteiger partial charge in [-0.05, 0) is 17.7 Å². The number of hydrogen-bond acceptors (Lipinski definition) is 6. The largest absolute Gasteiger partial charge is 0.383 e. The molecule has 142 valence electrons. The molecule has 0 aliphatic heterocycles. The van der Waals surface area contributed by atoms with Gasteiger partial charge >= 0.3 is 0 Å². The van der Waals surface area contributed by atoms with E-state index in [1.165, 1.54) is 6.33 Å². The molecule has 1 amide bonds. The molecule has 2 aromatic heterocycles. The van der Waals surface area contributed by atoms with E-state index >= 15 is 0 Å². The van der Waals surface area contributed by atoms with E-state index in [4.69, 9.17) is 16.3 Å². The summed E-state index contributed by atoms with van der Waals surface area (Å²) in [6, 6.07) is 7.24. The second kappa shape index (κ2) is 9.29. The Morgan fingerprint density at radius 1 is 1.22 bits per heavy atom. The minimum atomic E-state index is -0.0506. The van der Waals surface area contributed by atoms with Crippen molar-refractivity contribution in [2.24, 2.45) is 0 Å². The van der Waals surface area contributed by atoms with Crippen molar-refractivity contribution >= 4 is 34.4 Å². The third-order valence-corrected chi connectivity index (χ3v) is 4.21. The molecule has 3 aromatic rings. The number of nitrogens with zero attached hydrogens (tertiary/aromatic N) is 4. The molecule has 0 atom stereocenters. The SMILES string of the molecule is COCCNc1ncnc2c1cnn2CCNC(=O)Cc1ccc(Cl)cc1. The Morgan fingerprint density at radius 3 is 2.81 bits per heavy atom. The average molecular weight is 389 g/mol. The summed E-state index contributed by atoms with van der Waals surface area (Å²) < 4.78 is 6.78. The molecular formula is C18H21ClN6O2. The van der Waals surface area contributed by atoms with Gasteiger partial charge in [-0.2, -0.15) is 5.10 Å². The van der Waals surface area contributed by atoms with Crippen LogP contribution < -0.4 is 10.6 Å². The lowest BCUT2D eigenvalue weighted by molar-refractivity contribution is -0.120. The maximum absolute atomic E-state index is 12.1. The van der Waals surface area contributed by atoms with Crippen molar-refractivity contribution in [1.82, 2.24) is 25.1 Å². The topological polar surface area (TPSA) is 94.0 Å². The van der Waals surface area contributed by atoms with Crippen LogP contribution in [0.25, 0.3) is 11.0 Å². The van der Waals surface area contributed by atoms with E-state index in [9.17, 15) is 4.79 Å². The van der Waals surface area contributed by atoms with E-state index in [1.54, 1.807) is 30.1 Å². The Balaban J connectivity index is 1.55. The van der Waals surface area contributed by atoms with Crippen molar-refractivity contribution in [3.05, 3.63) is 47.4 Å². The fourth-order valence-corrected chi connectivity index (χ4v) is 2.75. The van der Waals surface area contributed by atoms with Crippen LogP contribution in [0.4, 0.5) is 5.82 Å². The Kier molecular flexibility index (Phi) is 6.56. The standard InChI is InChI=1S/C18H21ClN6O2/c1-27-9-7-21-17-15-11-24-25(18(15)23-12-22-17)8-6-20-16(26)10-13-2-4-14(19)5-3-13/h2-5,11-12H,6-10H2,1H3,(H,20,26)(H,21,22,23). The van der Waals surface area contributed by atoms with Crippen molar-refractivity contribution in [3.8, 4) is 0 Å². The smallest absolute Gasteiger partial charge is 0.224 e. The van der Waals surface area contributed by atoms with E-state index in [0.717, 1.165) is 22.4 Å². The molecule has 0 spiro atoms. The number of fused-ring (bicyclic) bond motifs is 1. The van der Waals surface area contributed by atoms with Gasteiger partial charge in [-0.15, -0.1) is 0 Å². The summed E-state index contributed by atoms with van der Waals surface area (Å²) in [5, 5.41) is 11.9. The molecule has 3 rings (SSSR count). The first-order chi connectivity index (χ1) is 13.2. The number of nitrogens with one attached hydrogen (secondary N) is 2. The van der Waals surface area contributed by atoms with Crippen molar-refractivity contribution in [1.29, 1.82) is 0 Å². The molecule has 9 heteroatoms. The van der Waals surface area contributed by atoms with Gasteiger partial charge in [0.05, 0.1) is 31.2 Å². The first-order valence-corrected chi connectivity index (χ1v) is 8.95. The predicted molar refractivity (Wildman–Crippen MR) is 104 cm³/mol. The average Bonchev–Trinajstić information content (AvgIpc) is 3.08. The molecule has 2 heterocycles. The lowest BCUT2D eigenvalue weighted by Gasteiger charge is -2.07. The number of benzene rings is 1. The van der Waals surface area contributed by atoms with Crippen LogP contribution in [0.2, 0.25) is 5.02 Å². The maximum Gasteiger partial charge on any atom is 0.224 e. The lowest BCUT2D eigenvalue weighted by Crippen LogP contribution is -2.28. The third kappa shape index (κ3) is 5.15. The van der Waals surface area contributed by atoms with Gasteiger partial charge in [-0.1, -0.05) is 23.7 Å². The van der Waals surface area contributed by atoms with E-state index in [0.29, 0.717) is 37.7 Å². The van der Waals surface area contributed by atoms with Crippen molar-refractivity contribution in [3.63, 3.8) is 0 Å². The summed E-state index contributed by atoms with van der Waals surface area (Å²) in [4.78, 5) is 20.6. The van der Waals surface area contributed by atoms with Crippen molar-refractivity contribution < 1.29 is 9.53 Å². The van der Waals surface area contributed by atoms with Crippen LogP contribution in [0.3, 0.4) is 0 Å². The van der Waals surface area contributed by atoms with Gasteiger partial charge in [0.25, 0.3) is 0 Å². The summed E-state index contributed by atoms with van der Waals surface area (Å²) in [6.07, 6.45) is 3.53. The molecule has 0 radical (unpaired) electrons. The first-order valence-electron chi connectivity index (χ1n) is 8.58. The molecule has 8 nitrogen and oxygen atoms in total. The molecule has 0 aliphatic carbocycles. The van der Waals surface area contributed by atoms with Gasteiger partial charge in [-0.3, -0.25) is 4.79 Å². The van der Waals surface area contributed by atoms with Gasteiger partial charge in [0.15, 0.2) is 5.65 Å². The number of aromatic nitrogens is 4. The first kappa shape index (κ1) is 19.1. The molecule has 0 aliphatic rings. The Hall–Kier alpha value is -2.71. The zero-order chi connectivity index (χ0) is 19.1. The molecule has 0 saturated carbocycles. The van der Waals surface area contributed by atoms with E-state index in [1.807, 2.05) is 12.1 Å². The van der Waals surface area contributed by atoms with E-state index in [2.05, 4.69) is 25.7 Å². The van der Waals surface area contributed by atoms with E-state index in [-0.39, 0.29) is 5.91 Å². The fourth-order valence-electron chi connectivity index (χ4n) is 2.62. The molecule has 0 unspecified atom stereocenters. The highest BCUT2D eigenvalue weighted by atomic mass is 35.5. The monoisotopic (exact) mass is 388 g/mol. The number of amides is 1. The summed E-state index contributed by atoms with van der Waals surface area (Å²) in [5.74, 6) is 0.667. The van der Waals surface area contributed by atoms with Crippen LogP contribution in [-0.4, -0.2) is 52.5 Å². The lowest BCUT2D eigenvalue weighted by atomic mass is 10.1. The van der Waals surface area contributed by atoms with Crippen molar-refractivity contribution in [2.45, 2.75) is 13.0 Å². The molecule has 0 fully saturated rings. The summed E-state index contributed by atoms with van der Waals surface area (Å²) >= 11 is 5.85. The van der Waals surface area contributed by atoms with Crippen molar-refractivity contribution in [2.75, 3.05) is 32.1 Å². The van der Waals surface area contributed by atoms with Crippen LogP contribution in [0.5, 0.6) is 0 Å². The Bertz CT molecular complexity index is 897. The highest BCUT2D eigenvalue weighted by molar-refractivity contribution is 6.30. The molecular weight excluding hydrogens is 368 g/mol. The van der Waals surface area contributed by atoms with Gasteiger partial charge in [0, 0.05) is 25.2 Å². The molecule has 0 bridgehead atoms.